The van der Waals surface area contributed by atoms with Crippen LogP contribution in [-0.4, -0.2) is 0 Å². The van der Waals surface area contributed by atoms with Gasteiger partial charge in [0.05, 0.1) is 0 Å². The number of rotatable bonds is 1. The molecule has 2 N–H and O–H groups in total. The number of benzene rings is 3. The first-order valence-electron chi connectivity index (χ1n) is 6.58. The van der Waals surface area contributed by atoms with E-state index < -0.39 is 0 Å². The van der Waals surface area contributed by atoms with Gasteiger partial charge in [0.15, 0.2) is 0 Å². The van der Waals surface area contributed by atoms with Crippen molar-refractivity contribution in [2.24, 2.45) is 0 Å². The van der Waals surface area contributed by atoms with Crippen LogP contribution < -0.4 is 5.73 Å². The van der Waals surface area contributed by atoms with Gasteiger partial charge in [0.2, 0.25) is 0 Å². The molecule has 0 radical (unpaired) electrons. The van der Waals surface area contributed by atoms with Gasteiger partial charge in [-0.1, -0.05) is 42.5 Å². The summed E-state index contributed by atoms with van der Waals surface area (Å²) in [7, 11) is 0. The van der Waals surface area contributed by atoms with Crippen LogP contribution in [0.15, 0.2) is 66.7 Å². The molecule has 0 spiro atoms. The summed E-state index contributed by atoms with van der Waals surface area (Å²) in [6.07, 6.45) is 0. The van der Waals surface area contributed by atoms with Crippen LogP contribution in [0.2, 0.25) is 0 Å². The minimum Gasteiger partial charge on any atom is -0.399 e. The van der Waals surface area contributed by atoms with Gasteiger partial charge in [0.25, 0.3) is 0 Å². The van der Waals surface area contributed by atoms with Crippen molar-refractivity contribution in [3.05, 3.63) is 66.7 Å². The Morgan fingerprint density at radius 3 is 2.35 bits per heavy atom. The van der Waals surface area contributed by atoms with E-state index in [1.807, 2.05) is 12.1 Å². The molecular weight excluding hydrogens is 262 g/mol. The predicted octanol–water partition coefficient (Wildman–Crippen LogP) is 5.30. The van der Waals surface area contributed by atoms with Crippen molar-refractivity contribution in [2.75, 3.05) is 5.73 Å². The van der Waals surface area contributed by atoms with Crippen LogP contribution in [0.3, 0.4) is 0 Å². The summed E-state index contributed by atoms with van der Waals surface area (Å²) < 4.78 is 2.57. The highest BCUT2D eigenvalue weighted by Crippen LogP contribution is 2.37. The van der Waals surface area contributed by atoms with Gasteiger partial charge in [-0.05, 0) is 35.4 Å². The van der Waals surface area contributed by atoms with E-state index in [1.54, 1.807) is 11.3 Å². The molecule has 0 fully saturated rings. The van der Waals surface area contributed by atoms with E-state index in [2.05, 4.69) is 54.6 Å². The second-order valence-electron chi connectivity index (χ2n) is 4.93. The first kappa shape index (κ1) is 11.5. The first-order chi connectivity index (χ1) is 9.81. The zero-order valence-corrected chi connectivity index (χ0v) is 11.7. The lowest BCUT2D eigenvalue weighted by atomic mass is 10.0. The van der Waals surface area contributed by atoms with Gasteiger partial charge < -0.3 is 5.73 Å². The molecule has 1 nitrogen and oxygen atoms in total. The number of hydrogen-bond acceptors (Lipinski definition) is 2. The summed E-state index contributed by atoms with van der Waals surface area (Å²) in [4.78, 5) is 0. The molecule has 4 aromatic rings. The minimum absolute atomic E-state index is 0.826. The fourth-order valence-electron chi connectivity index (χ4n) is 2.60. The maximum Gasteiger partial charge on any atom is 0.0375 e. The third kappa shape index (κ3) is 1.77. The normalized spacial score (nSPS) is 11.2. The number of thiophene rings is 1. The van der Waals surface area contributed by atoms with Gasteiger partial charge >= 0.3 is 0 Å². The second kappa shape index (κ2) is 4.36. The molecule has 20 heavy (non-hydrogen) atoms. The van der Waals surface area contributed by atoms with Crippen molar-refractivity contribution < 1.29 is 0 Å². The van der Waals surface area contributed by atoms with Gasteiger partial charge in [0.1, 0.15) is 0 Å². The Morgan fingerprint density at radius 1 is 0.650 bits per heavy atom. The first-order valence-corrected chi connectivity index (χ1v) is 7.40. The lowest BCUT2D eigenvalue weighted by molar-refractivity contribution is 1.66. The van der Waals surface area contributed by atoms with E-state index >= 15 is 0 Å². The van der Waals surface area contributed by atoms with Gasteiger partial charge in [-0.3, -0.25) is 0 Å². The number of fused-ring (bicyclic) bond motifs is 3. The Labute approximate surface area is 121 Å². The van der Waals surface area contributed by atoms with Crippen LogP contribution in [0, 0.1) is 0 Å². The maximum atomic E-state index is 5.87. The number of anilines is 1. The molecule has 0 aliphatic heterocycles. The summed E-state index contributed by atoms with van der Waals surface area (Å²) in [5.74, 6) is 0. The second-order valence-corrected chi connectivity index (χ2v) is 6.02. The van der Waals surface area contributed by atoms with Gasteiger partial charge in [-0.2, -0.15) is 0 Å². The Hall–Kier alpha value is -2.32. The average Bonchev–Trinajstić information content (AvgIpc) is 2.84. The molecule has 0 amide bonds. The molecule has 0 atom stereocenters. The highest BCUT2D eigenvalue weighted by Gasteiger charge is 2.06. The molecule has 0 saturated heterocycles. The van der Waals surface area contributed by atoms with E-state index in [-0.39, 0.29) is 0 Å². The van der Waals surface area contributed by atoms with Crippen LogP contribution in [0.25, 0.3) is 31.3 Å². The molecule has 4 rings (SSSR count). The molecule has 1 aromatic heterocycles. The van der Waals surface area contributed by atoms with E-state index in [1.165, 1.54) is 31.3 Å². The van der Waals surface area contributed by atoms with Crippen molar-refractivity contribution in [3.63, 3.8) is 0 Å². The summed E-state index contributed by atoms with van der Waals surface area (Å²) in [5, 5.41) is 2.60. The zero-order chi connectivity index (χ0) is 13.5. The highest BCUT2D eigenvalue weighted by atomic mass is 32.1. The Balaban J connectivity index is 2.01. The van der Waals surface area contributed by atoms with Crippen molar-refractivity contribution in [2.45, 2.75) is 0 Å². The summed E-state index contributed by atoms with van der Waals surface area (Å²) in [6, 6.07) is 23.3. The van der Waals surface area contributed by atoms with Crippen molar-refractivity contribution in [1.82, 2.24) is 0 Å². The smallest absolute Gasteiger partial charge is 0.0375 e. The molecule has 2 heteroatoms. The SMILES string of the molecule is Nc1ccc2c(c1)sc1ccc(-c3ccccc3)cc12. The lowest BCUT2D eigenvalue weighted by Crippen LogP contribution is -1.81. The molecular formula is C18H13NS. The summed E-state index contributed by atoms with van der Waals surface area (Å²) >= 11 is 1.80. The topological polar surface area (TPSA) is 26.0 Å². The van der Waals surface area contributed by atoms with Gasteiger partial charge in [-0.15, -0.1) is 11.3 Å². The third-order valence-electron chi connectivity index (χ3n) is 3.60. The van der Waals surface area contributed by atoms with Crippen LogP contribution in [0.1, 0.15) is 0 Å². The quantitative estimate of drug-likeness (QED) is 0.468. The number of nitrogens with two attached hydrogens (primary N) is 1. The van der Waals surface area contributed by atoms with Crippen LogP contribution in [0.4, 0.5) is 5.69 Å². The number of nitrogen functional groups attached to an aromatic ring is 1. The van der Waals surface area contributed by atoms with E-state index in [0.717, 1.165) is 5.69 Å². The Bertz CT molecular complexity index is 907. The van der Waals surface area contributed by atoms with Crippen LogP contribution in [-0.2, 0) is 0 Å². The summed E-state index contributed by atoms with van der Waals surface area (Å²) in [6.45, 7) is 0. The van der Waals surface area contributed by atoms with Gasteiger partial charge in [0, 0.05) is 25.9 Å². The fourth-order valence-corrected chi connectivity index (χ4v) is 3.74. The van der Waals surface area contributed by atoms with Gasteiger partial charge in [-0.25, -0.2) is 0 Å². The zero-order valence-electron chi connectivity index (χ0n) is 10.8. The van der Waals surface area contributed by atoms with Crippen LogP contribution in [0.5, 0.6) is 0 Å². The Kier molecular flexibility index (Phi) is 2.51. The average molecular weight is 275 g/mol. The van der Waals surface area contributed by atoms with Crippen LogP contribution >= 0.6 is 11.3 Å². The third-order valence-corrected chi connectivity index (χ3v) is 4.74. The highest BCUT2D eigenvalue weighted by molar-refractivity contribution is 7.25. The van der Waals surface area contributed by atoms with E-state index in [0.29, 0.717) is 0 Å². The number of hydrogen-bond donors (Lipinski definition) is 1. The largest absolute Gasteiger partial charge is 0.399 e. The molecule has 0 saturated carbocycles. The predicted molar refractivity (Wildman–Crippen MR) is 89.2 cm³/mol. The molecule has 0 aliphatic rings. The molecule has 0 unspecified atom stereocenters. The monoisotopic (exact) mass is 275 g/mol. The van der Waals surface area contributed by atoms with E-state index in [9.17, 15) is 0 Å². The minimum atomic E-state index is 0.826. The molecule has 3 aromatic carbocycles. The van der Waals surface area contributed by atoms with E-state index in [4.69, 9.17) is 5.73 Å². The Morgan fingerprint density at radius 2 is 1.50 bits per heavy atom. The standard InChI is InChI=1S/C18H13NS/c19-14-7-8-15-16-10-13(12-4-2-1-3-5-12)6-9-17(16)20-18(15)11-14/h1-11H,19H2. The fraction of sp³-hybridized carbons (Fsp3) is 0. The van der Waals surface area contributed by atoms with Crippen molar-refractivity contribution in [1.29, 1.82) is 0 Å². The van der Waals surface area contributed by atoms with Crippen molar-refractivity contribution >= 4 is 37.2 Å². The molecule has 96 valence electrons. The molecule has 0 aliphatic carbocycles. The summed E-state index contributed by atoms with van der Waals surface area (Å²) in [5.41, 5.74) is 9.21. The molecule has 1 heterocycles. The lowest BCUT2D eigenvalue weighted by Gasteiger charge is -2.01. The maximum absolute atomic E-state index is 5.87. The molecule has 0 bridgehead atoms. The van der Waals surface area contributed by atoms with Crippen molar-refractivity contribution in [3.8, 4) is 11.1 Å².